The van der Waals surface area contributed by atoms with E-state index >= 15 is 0 Å². The molecule has 1 aromatic heterocycles. The summed E-state index contributed by atoms with van der Waals surface area (Å²) in [6, 6.07) is 13.4. The molecule has 0 spiro atoms. The molecular weight excluding hydrogens is 356 g/mol. The molecule has 0 saturated carbocycles. The van der Waals surface area contributed by atoms with E-state index in [0.29, 0.717) is 13.2 Å². The minimum Gasteiger partial charge on any atom is -0.493 e. The maximum atomic E-state index is 12.5. The number of ether oxygens (including phenoxy) is 1. The molecule has 0 aliphatic carbocycles. The third kappa shape index (κ3) is 4.85. The van der Waals surface area contributed by atoms with Crippen molar-refractivity contribution >= 4 is 11.7 Å². The van der Waals surface area contributed by atoms with E-state index in [9.17, 15) is 4.79 Å². The quantitative estimate of drug-likeness (QED) is 0.636. The molecule has 0 fully saturated rings. The Hall–Kier alpha value is -3.42. The van der Waals surface area contributed by atoms with Gasteiger partial charge in [-0.2, -0.15) is 0 Å². The van der Waals surface area contributed by atoms with Crippen LogP contribution >= 0.6 is 0 Å². The molecule has 0 aliphatic heterocycles. The minimum atomic E-state index is -0.173. The number of carbonyl (C=O) groups is 1. The van der Waals surface area contributed by atoms with E-state index in [1.54, 1.807) is 16.6 Å². The Kier molecular flexibility index (Phi) is 6.21. The lowest BCUT2D eigenvalue weighted by molar-refractivity contribution is 0.216. The van der Waals surface area contributed by atoms with Crippen LogP contribution in [0.5, 0.6) is 5.75 Å². The molecule has 1 N–H and O–H groups in total. The third-order valence-electron chi connectivity index (χ3n) is 4.41. The zero-order chi connectivity index (χ0) is 19.9. The lowest BCUT2D eigenvalue weighted by Gasteiger charge is -2.19. The average molecular weight is 380 g/mol. The molecule has 0 bridgehead atoms. The van der Waals surface area contributed by atoms with E-state index < -0.39 is 0 Å². The van der Waals surface area contributed by atoms with Crippen LogP contribution in [0.4, 0.5) is 10.5 Å². The van der Waals surface area contributed by atoms with Crippen molar-refractivity contribution in [3.63, 3.8) is 0 Å². The van der Waals surface area contributed by atoms with Gasteiger partial charge in [-0.05, 0) is 60.0 Å². The predicted molar refractivity (Wildman–Crippen MR) is 107 cm³/mol. The highest BCUT2D eigenvalue weighted by atomic mass is 16.5. The van der Waals surface area contributed by atoms with Crippen molar-refractivity contribution in [2.45, 2.75) is 20.3 Å². The lowest BCUT2D eigenvalue weighted by atomic mass is 10.2. The number of hydrogen-bond donors (Lipinski definition) is 1. The summed E-state index contributed by atoms with van der Waals surface area (Å²) in [6.45, 7) is 5.09. The summed E-state index contributed by atoms with van der Waals surface area (Å²) in [5, 5.41) is 14.1. The first-order valence-electron chi connectivity index (χ1n) is 9.09. The van der Waals surface area contributed by atoms with Crippen molar-refractivity contribution in [2.75, 3.05) is 25.5 Å². The Morgan fingerprint density at radius 1 is 1.18 bits per heavy atom. The fourth-order valence-corrected chi connectivity index (χ4v) is 2.68. The van der Waals surface area contributed by atoms with Crippen LogP contribution in [0.25, 0.3) is 5.69 Å². The molecule has 3 rings (SSSR count). The van der Waals surface area contributed by atoms with Crippen molar-refractivity contribution in [2.24, 2.45) is 0 Å². The van der Waals surface area contributed by atoms with Crippen LogP contribution in [-0.4, -0.2) is 51.3 Å². The number of benzene rings is 2. The van der Waals surface area contributed by atoms with Gasteiger partial charge in [0.1, 0.15) is 12.1 Å². The number of anilines is 1. The lowest BCUT2D eigenvalue weighted by Crippen LogP contribution is -2.33. The second kappa shape index (κ2) is 8.98. The predicted octanol–water partition coefficient (Wildman–Crippen LogP) is 3.21. The molecule has 2 amide bonds. The number of aromatic nitrogens is 4. The van der Waals surface area contributed by atoms with Gasteiger partial charge in [0, 0.05) is 19.3 Å². The van der Waals surface area contributed by atoms with Crippen LogP contribution in [0.2, 0.25) is 0 Å². The van der Waals surface area contributed by atoms with Crippen molar-refractivity contribution in [3.8, 4) is 11.4 Å². The minimum absolute atomic E-state index is 0.173. The molecule has 0 unspecified atom stereocenters. The van der Waals surface area contributed by atoms with Gasteiger partial charge in [-0.1, -0.05) is 24.3 Å². The fraction of sp³-hybridized carbons (Fsp3) is 0.300. The Morgan fingerprint density at radius 3 is 2.75 bits per heavy atom. The van der Waals surface area contributed by atoms with Crippen LogP contribution in [-0.2, 0) is 0 Å². The van der Waals surface area contributed by atoms with Crippen LogP contribution in [0.1, 0.15) is 17.5 Å². The van der Waals surface area contributed by atoms with Crippen LogP contribution in [0, 0.1) is 13.8 Å². The molecule has 0 radical (unpaired) electrons. The Balaban J connectivity index is 1.51. The highest BCUT2D eigenvalue weighted by molar-refractivity contribution is 5.90. The highest BCUT2D eigenvalue weighted by Gasteiger charge is 2.11. The maximum Gasteiger partial charge on any atom is 0.321 e. The van der Waals surface area contributed by atoms with E-state index in [2.05, 4.69) is 20.8 Å². The SMILES string of the molecule is Cc1ccc(-n2cnnn2)cc1NC(=O)N(C)CCCOc1ccccc1C. The van der Waals surface area contributed by atoms with Gasteiger partial charge < -0.3 is 15.0 Å². The summed E-state index contributed by atoms with van der Waals surface area (Å²) < 4.78 is 7.32. The first-order chi connectivity index (χ1) is 13.5. The number of hydrogen-bond acceptors (Lipinski definition) is 5. The zero-order valence-corrected chi connectivity index (χ0v) is 16.3. The van der Waals surface area contributed by atoms with Crippen molar-refractivity contribution in [1.82, 2.24) is 25.1 Å². The summed E-state index contributed by atoms with van der Waals surface area (Å²) in [6.07, 6.45) is 2.25. The van der Waals surface area contributed by atoms with Gasteiger partial charge in [0.25, 0.3) is 0 Å². The number of tetrazole rings is 1. The van der Waals surface area contributed by atoms with Crippen LogP contribution in [0.3, 0.4) is 0 Å². The van der Waals surface area contributed by atoms with Crippen molar-refractivity contribution < 1.29 is 9.53 Å². The summed E-state index contributed by atoms with van der Waals surface area (Å²) in [7, 11) is 1.77. The number of amides is 2. The van der Waals surface area contributed by atoms with Gasteiger partial charge in [0.2, 0.25) is 0 Å². The molecule has 28 heavy (non-hydrogen) atoms. The molecule has 146 valence electrons. The normalized spacial score (nSPS) is 10.5. The Bertz CT molecular complexity index is 926. The van der Waals surface area contributed by atoms with Gasteiger partial charge in [0.05, 0.1) is 12.3 Å². The molecular formula is C20H24N6O2. The van der Waals surface area contributed by atoms with E-state index in [1.807, 2.05) is 56.3 Å². The molecule has 3 aromatic rings. The second-order valence-electron chi connectivity index (χ2n) is 6.57. The monoisotopic (exact) mass is 380 g/mol. The number of urea groups is 1. The Labute approximate surface area is 164 Å². The summed E-state index contributed by atoms with van der Waals surface area (Å²) in [4.78, 5) is 14.2. The molecule has 2 aromatic carbocycles. The van der Waals surface area contributed by atoms with Crippen molar-refractivity contribution in [3.05, 3.63) is 59.9 Å². The smallest absolute Gasteiger partial charge is 0.321 e. The average Bonchev–Trinajstić information content (AvgIpc) is 3.22. The highest BCUT2D eigenvalue weighted by Crippen LogP contribution is 2.19. The summed E-state index contributed by atoms with van der Waals surface area (Å²) in [5.41, 5.74) is 3.56. The van der Waals surface area contributed by atoms with E-state index in [-0.39, 0.29) is 6.03 Å². The molecule has 0 aliphatic rings. The van der Waals surface area contributed by atoms with Gasteiger partial charge in [-0.25, -0.2) is 9.48 Å². The summed E-state index contributed by atoms with van der Waals surface area (Å²) in [5.74, 6) is 0.879. The van der Waals surface area contributed by atoms with E-state index in [0.717, 1.165) is 34.7 Å². The van der Waals surface area contributed by atoms with Gasteiger partial charge >= 0.3 is 6.03 Å². The van der Waals surface area contributed by atoms with Gasteiger partial charge in [-0.15, -0.1) is 5.10 Å². The molecule has 1 heterocycles. The maximum absolute atomic E-state index is 12.5. The van der Waals surface area contributed by atoms with Crippen LogP contribution < -0.4 is 10.1 Å². The standard InChI is InChI=1S/C20H24N6O2/c1-15-9-10-17(26-14-21-23-24-26)13-18(15)22-20(27)25(3)11-6-12-28-19-8-5-4-7-16(19)2/h4-5,7-10,13-14H,6,11-12H2,1-3H3,(H,22,27). The second-order valence-corrected chi connectivity index (χ2v) is 6.57. The topological polar surface area (TPSA) is 85.2 Å². The molecule has 0 saturated heterocycles. The number of carbonyl (C=O) groups excluding carboxylic acids is 1. The van der Waals surface area contributed by atoms with Crippen LogP contribution in [0.15, 0.2) is 48.8 Å². The van der Waals surface area contributed by atoms with Gasteiger partial charge in [0.15, 0.2) is 0 Å². The summed E-state index contributed by atoms with van der Waals surface area (Å²) >= 11 is 0. The number of nitrogens with one attached hydrogen (secondary N) is 1. The molecule has 0 atom stereocenters. The first-order valence-corrected chi connectivity index (χ1v) is 9.09. The van der Waals surface area contributed by atoms with Gasteiger partial charge in [-0.3, -0.25) is 0 Å². The first kappa shape index (κ1) is 19.3. The number of rotatable bonds is 7. The van der Waals surface area contributed by atoms with Crippen molar-refractivity contribution in [1.29, 1.82) is 0 Å². The largest absolute Gasteiger partial charge is 0.493 e. The molecule has 8 nitrogen and oxygen atoms in total. The number of aryl methyl sites for hydroxylation is 2. The number of para-hydroxylation sites is 1. The van der Waals surface area contributed by atoms with E-state index in [4.69, 9.17) is 4.74 Å². The fourth-order valence-electron chi connectivity index (χ4n) is 2.68. The zero-order valence-electron chi connectivity index (χ0n) is 16.3. The Morgan fingerprint density at radius 2 is 2.00 bits per heavy atom. The third-order valence-corrected chi connectivity index (χ3v) is 4.41. The number of nitrogens with zero attached hydrogens (tertiary/aromatic N) is 5. The van der Waals surface area contributed by atoms with E-state index in [1.165, 1.54) is 6.33 Å². The molecule has 8 heteroatoms.